The number of amides is 1. The molecule has 1 aliphatic carbocycles. The van der Waals surface area contributed by atoms with Gasteiger partial charge in [-0.2, -0.15) is 0 Å². The number of methoxy groups -OCH3 is 1. The van der Waals surface area contributed by atoms with Crippen LogP contribution in [0.15, 0.2) is 17.0 Å². The van der Waals surface area contributed by atoms with Gasteiger partial charge >= 0.3 is 0 Å². The number of rotatable bonds is 11. The number of hydrogen-bond acceptors (Lipinski definition) is 6. The van der Waals surface area contributed by atoms with Crippen LogP contribution in [0, 0.1) is 19.8 Å². The van der Waals surface area contributed by atoms with E-state index in [0.29, 0.717) is 29.0 Å². The van der Waals surface area contributed by atoms with Gasteiger partial charge < -0.3 is 20.3 Å². The fourth-order valence-corrected chi connectivity index (χ4v) is 7.35. The number of benzene rings is 1. The van der Waals surface area contributed by atoms with Crippen molar-refractivity contribution in [1.29, 1.82) is 0 Å². The minimum atomic E-state index is -3.70. The zero-order valence-electron chi connectivity index (χ0n) is 23.7. The second-order valence-corrected chi connectivity index (χ2v) is 13.3. The lowest BCUT2D eigenvalue weighted by Crippen LogP contribution is -2.47. The molecule has 1 saturated heterocycles. The number of likely N-dealkylation sites (tertiary alicyclic amines) is 1. The maximum atomic E-state index is 13.2. The predicted molar refractivity (Wildman–Crippen MR) is 149 cm³/mol. The Kier molecular flexibility index (Phi) is 10.8. The Hall–Kier alpha value is -1.68. The smallest absolute Gasteiger partial charge is 0.243 e. The van der Waals surface area contributed by atoms with Gasteiger partial charge in [0.1, 0.15) is 5.75 Å². The van der Waals surface area contributed by atoms with Crippen molar-refractivity contribution in [3.63, 3.8) is 0 Å². The zero-order valence-corrected chi connectivity index (χ0v) is 24.5. The first-order valence-electron chi connectivity index (χ1n) is 13.9. The lowest BCUT2D eigenvalue weighted by molar-refractivity contribution is -0.122. The molecule has 0 radical (unpaired) electrons. The fourth-order valence-electron chi connectivity index (χ4n) is 5.78. The predicted octanol–water partition coefficient (Wildman–Crippen LogP) is 3.46. The summed E-state index contributed by atoms with van der Waals surface area (Å²) >= 11 is 0. The molecular weight excluding hydrogens is 488 g/mol. The molecule has 1 aromatic rings. The van der Waals surface area contributed by atoms with E-state index < -0.39 is 10.0 Å². The molecule has 1 aliphatic heterocycles. The van der Waals surface area contributed by atoms with Crippen molar-refractivity contribution in [2.45, 2.75) is 95.7 Å². The van der Waals surface area contributed by atoms with Crippen LogP contribution in [0.3, 0.4) is 0 Å². The van der Waals surface area contributed by atoms with Crippen molar-refractivity contribution < 1.29 is 17.9 Å². The Morgan fingerprint density at radius 1 is 1.08 bits per heavy atom. The van der Waals surface area contributed by atoms with Crippen molar-refractivity contribution in [1.82, 2.24) is 19.8 Å². The SMILES string of the molecule is COc1cc(C)c(S(=O)(=O)N(C)CCC(=O)NC2CCC(N3CCC(CNC(C)C)CC3)CC2)c(C)c1. The van der Waals surface area contributed by atoms with E-state index in [0.717, 1.165) is 38.1 Å². The lowest BCUT2D eigenvalue weighted by atomic mass is 9.87. The Morgan fingerprint density at radius 3 is 2.22 bits per heavy atom. The quantitative estimate of drug-likeness (QED) is 0.450. The monoisotopic (exact) mass is 536 g/mol. The van der Waals surface area contributed by atoms with Crippen LogP contribution in [0.1, 0.15) is 69.9 Å². The number of hydrogen-bond donors (Lipinski definition) is 2. The van der Waals surface area contributed by atoms with E-state index in [1.807, 2.05) is 0 Å². The van der Waals surface area contributed by atoms with Gasteiger partial charge in [-0.25, -0.2) is 12.7 Å². The summed E-state index contributed by atoms with van der Waals surface area (Å²) in [6.07, 6.45) is 6.90. The van der Waals surface area contributed by atoms with E-state index in [2.05, 4.69) is 29.4 Å². The molecule has 0 aromatic heterocycles. The van der Waals surface area contributed by atoms with Crippen LogP contribution < -0.4 is 15.4 Å². The molecule has 9 heteroatoms. The Labute approximate surface area is 224 Å². The van der Waals surface area contributed by atoms with E-state index >= 15 is 0 Å². The van der Waals surface area contributed by atoms with Gasteiger partial charge in [-0.3, -0.25) is 4.79 Å². The second-order valence-electron chi connectivity index (χ2n) is 11.3. The van der Waals surface area contributed by atoms with Crippen LogP contribution in [0.2, 0.25) is 0 Å². The molecule has 0 atom stereocenters. The van der Waals surface area contributed by atoms with Crippen molar-refractivity contribution >= 4 is 15.9 Å². The standard InChI is InChI=1S/C28H48N4O4S/c1-20(2)29-19-23-11-15-32(16-12-23)25-9-7-24(8-10-25)30-27(33)13-14-31(5)37(34,35)28-21(3)17-26(36-6)18-22(28)4/h17-18,20,23-25,29H,7-16,19H2,1-6H3,(H,30,33). The third-order valence-corrected chi connectivity index (χ3v) is 10.2. The molecule has 8 nitrogen and oxygen atoms in total. The summed E-state index contributed by atoms with van der Waals surface area (Å²) in [5.74, 6) is 1.34. The van der Waals surface area contributed by atoms with Crippen LogP contribution in [0.25, 0.3) is 0 Å². The molecule has 210 valence electrons. The highest BCUT2D eigenvalue weighted by Gasteiger charge is 2.30. The van der Waals surface area contributed by atoms with Crippen LogP contribution >= 0.6 is 0 Å². The van der Waals surface area contributed by atoms with Crippen LogP contribution in [0.4, 0.5) is 0 Å². The van der Waals surface area contributed by atoms with E-state index in [-0.39, 0.29) is 29.8 Å². The zero-order chi connectivity index (χ0) is 27.2. The highest BCUT2D eigenvalue weighted by molar-refractivity contribution is 7.89. The summed E-state index contributed by atoms with van der Waals surface area (Å²) < 4.78 is 32.9. The third-order valence-electron chi connectivity index (χ3n) is 8.03. The first-order valence-corrected chi connectivity index (χ1v) is 15.3. The molecule has 3 rings (SSSR count). The minimum Gasteiger partial charge on any atom is -0.497 e. The molecular formula is C28H48N4O4S. The van der Waals surface area contributed by atoms with Crippen molar-refractivity contribution in [3.05, 3.63) is 23.3 Å². The molecule has 1 heterocycles. The molecule has 1 saturated carbocycles. The van der Waals surface area contributed by atoms with Gasteiger partial charge in [-0.05, 0) is 101 Å². The summed E-state index contributed by atoms with van der Waals surface area (Å²) in [4.78, 5) is 15.6. The highest BCUT2D eigenvalue weighted by Crippen LogP contribution is 2.29. The molecule has 37 heavy (non-hydrogen) atoms. The van der Waals surface area contributed by atoms with Gasteiger partial charge in [0.2, 0.25) is 15.9 Å². The number of sulfonamides is 1. The molecule has 2 N–H and O–H groups in total. The van der Waals surface area contributed by atoms with Gasteiger partial charge in [-0.1, -0.05) is 13.8 Å². The second kappa shape index (κ2) is 13.4. The van der Waals surface area contributed by atoms with Gasteiger partial charge in [0.15, 0.2) is 0 Å². The van der Waals surface area contributed by atoms with Crippen molar-refractivity contribution in [3.8, 4) is 5.75 Å². The van der Waals surface area contributed by atoms with E-state index in [1.165, 1.54) is 30.2 Å². The van der Waals surface area contributed by atoms with Gasteiger partial charge in [-0.15, -0.1) is 0 Å². The molecule has 2 aliphatic rings. The Morgan fingerprint density at radius 2 is 1.68 bits per heavy atom. The van der Waals surface area contributed by atoms with Gasteiger partial charge in [0, 0.05) is 38.1 Å². The van der Waals surface area contributed by atoms with Crippen molar-refractivity contribution in [2.24, 2.45) is 5.92 Å². The number of nitrogens with zero attached hydrogens (tertiary/aromatic N) is 2. The summed E-state index contributed by atoms with van der Waals surface area (Å²) in [6.45, 7) is 11.6. The van der Waals surface area contributed by atoms with E-state index in [4.69, 9.17) is 4.74 Å². The topological polar surface area (TPSA) is 91.0 Å². The van der Waals surface area contributed by atoms with E-state index in [9.17, 15) is 13.2 Å². The highest BCUT2D eigenvalue weighted by atomic mass is 32.2. The lowest BCUT2D eigenvalue weighted by Gasteiger charge is -2.41. The average molecular weight is 537 g/mol. The van der Waals surface area contributed by atoms with Crippen LogP contribution in [-0.4, -0.2) is 82.0 Å². The number of aryl methyl sites for hydroxylation is 2. The summed E-state index contributed by atoms with van der Waals surface area (Å²) in [7, 11) is -0.592. The number of piperidine rings is 1. The first kappa shape index (κ1) is 29.9. The molecule has 0 bridgehead atoms. The van der Waals surface area contributed by atoms with Gasteiger partial charge in [0.05, 0.1) is 12.0 Å². The summed E-state index contributed by atoms with van der Waals surface area (Å²) in [6, 6.07) is 4.81. The van der Waals surface area contributed by atoms with Crippen LogP contribution in [-0.2, 0) is 14.8 Å². The largest absolute Gasteiger partial charge is 0.497 e. The minimum absolute atomic E-state index is 0.0767. The third kappa shape index (κ3) is 8.15. The van der Waals surface area contributed by atoms with E-state index in [1.54, 1.807) is 40.1 Å². The summed E-state index contributed by atoms with van der Waals surface area (Å²) in [5.41, 5.74) is 1.28. The molecule has 0 unspecified atom stereocenters. The maximum Gasteiger partial charge on any atom is 0.243 e. The molecule has 1 aromatic carbocycles. The number of ether oxygens (including phenoxy) is 1. The maximum absolute atomic E-state index is 13.2. The molecule has 1 amide bonds. The van der Waals surface area contributed by atoms with Crippen molar-refractivity contribution in [2.75, 3.05) is 40.3 Å². The first-order chi connectivity index (χ1) is 17.5. The fraction of sp³-hybridized carbons (Fsp3) is 0.750. The summed E-state index contributed by atoms with van der Waals surface area (Å²) in [5, 5.41) is 6.73. The van der Waals surface area contributed by atoms with Gasteiger partial charge in [0.25, 0.3) is 0 Å². The Bertz CT molecular complexity index is 974. The number of carbonyl (C=O) groups is 1. The number of nitrogens with one attached hydrogen (secondary N) is 2. The Balaban J connectivity index is 1.41. The molecule has 0 spiro atoms. The normalized spacial score (nSPS) is 21.9. The molecule has 2 fully saturated rings. The van der Waals surface area contributed by atoms with Crippen LogP contribution in [0.5, 0.6) is 5.75 Å². The number of carbonyl (C=O) groups excluding carboxylic acids is 1. The average Bonchev–Trinajstić information content (AvgIpc) is 2.86.